The third kappa shape index (κ3) is 3.42. The van der Waals surface area contributed by atoms with Crippen molar-refractivity contribution in [3.8, 4) is 5.75 Å². The van der Waals surface area contributed by atoms with Crippen LogP contribution in [-0.4, -0.2) is 32.1 Å². The first kappa shape index (κ1) is 15.1. The van der Waals surface area contributed by atoms with Crippen molar-refractivity contribution in [3.05, 3.63) is 29.8 Å². The number of ether oxygens (including phenoxy) is 2. The second-order valence-corrected chi connectivity index (χ2v) is 4.89. The summed E-state index contributed by atoms with van der Waals surface area (Å²) < 4.78 is 14.1. The number of carbonyl (C=O) groups is 1. The first-order valence-corrected chi connectivity index (χ1v) is 6.87. The molecule has 0 N–H and O–H groups in total. The maximum absolute atomic E-state index is 11.8. The molecule has 0 aliphatic heterocycles. The topological polar surface area (TPSA) is 71.2 Å². The van der Waals surface area contributed by atoms with E-state index >= 15 is 0 Å². The standard InChI is InChI=1S/C14H20N4O3/c1-5-20-14(19)12-7-15-17(4)13(12)9-21-11-6-16-18(8-11)10(2)3/h6-8,10H,5,9H2,1-4H3. The van der Waals surface area contributed by atoms with Crippen molar-refractivity contribution in [1.29, 1.82) is 0 Å². The molecule has 0 unspecified atom stereocenters. The summed E-state index contributed by atoms with van der Waals surface area (Å²) in [4.78, 5) is 11.8. The maximum atomic E-state index is 11.8. The lowest BCUT2D eigenvalue weighted by atomic mass is 10.2. The van der Waals surface area contributed by atoms with Crippen LogP contribution < -0.4 is 4.74 Å². The highest BCUT2D eigenvalue weighted by Crippen LogP contribution is 2.16. The molecule has 0 amide bonds. The Kier molecular flexibility index (Phi) is 4.62. The quantitative estimate of drug-likeness (QED) is 0.761. The minimum atomic E-state index is -0.387. The van der Waals surface area contributed by atoms with Crippen LogP contribution in [0.25, 0.3) is 0 Å². The monoisotopic (exact) mass is 292 g/mol. The molecule has 114 valence electrons. The van der Waals surface area contributed by atoms with Gasteiger partial charge in [-0.2, -0.15) is 10.2 Å². The molecule has 2 aromatic heterocycles. The lowest BCUT2D eigenvalue weighted by Gasteiger charge is -2.07. The smallest absolute Gasteiger partial charge is 0.341 e. The normalized spacial score (nSPS) is 10.9. The molecule has 0 radical (unpaired) electrons. The molecule has 7 heteroatoms. The van der Waals surface area contributed by atoms with Crippen molar-refractivity contribution in [2.45, 2.75) is 33.4 Å². The summed E-state index contributed by atoms with van der Waals surface area (Å²) in [6.07, 6.45) is 4.97. The van der Waals surface area contributed by atoms with Crippen molar-refractivity contribution in [2.75, 3.05) is 6.61 Å². The van der Waals surface area contributed by atoms with Crippen LogP contribution in [0, 0.1) is 0 Å². The van der Waals surface area contributed by atoms with E-state index in [2.05, 4.69) is 10.2 Å². The molecule has 0 aromatic carbocycles. The summed E-state index contributed by atoms with van der Waals surface area (Å²) in [5, 5.41) is 8.28. The van der Waals surface area contributed by atoms with Gasteiger partial charge in [0.05, 0.1) is 30.9 Å². The number of hydrogen-bond donors (Lipinski definition) is 0. The van der Waals surface area contributed by atoms with Gasteiger partial charge < -0.3 is 9.47 Å². The average Bonchev–Trinajstić information content (AvgIpc) is 3.03. The first-order chi connectivity index (χ1) is 10.0. The molecule has 0 fully saturated rings. The number of hydrogen-bond acceptors (Lipinski definition) is 5. The van der Waals surface area contributed by atoms with Crippen LogP contribution in [0.15, 0.2) is 18.6 Å². The summed E-state index contributed by atoms with van der Waals surface area (Å²) in [6.45, 7) is 6.40. The number of esters is 1. The highest BCUT2D eigenvalue weighted by molar-refractivity contribution is 5.90. The lowest BCUT2D eigenvalue weighted by Crippen LogP contribution is -2.11. The van der Waals surface area contributed by atoms with Gasteiger partial charge in [-0.3, -0.25) is 9.36 Å². The Labute approximate surface area is 123 Å². The summed E-state index contributed by atoms with van der Waals surface area (Å²) >= 11 is 0. The first-order valence-electron chi connectivity index (χ1n) is 6.87. The third-order valence-corrected chi connectivity index (χ3v) is 3.04. The van der Waals surface area contributed by atoms with Gasteiger partial charge in [0.15, 0.2) is 5.75 Å². The molecule has 0 spiro atoms. The minimum absolute atomic E-state index is 0.231. The highest BCUT2D eigenvalue weighted by Gasteiger charge is 2.17. The summed E-state index contributed by atoms with van der Waals surface area (Å²) in [5.74, 6) is 0.266. The van der Waals surface area contributed by atoms with Gasteiger partial charge in [-0.25, -0.2) is 4.79 Å². The van der Waals surface area contributed by atoms with Gasteiger partial charge in [-0.05, 0) is 20.8 Å². The molecule has 21 heavy (non-hydrogen) atoms. The Morgan fingerprint density at radius 2 is 2.10 bits per heavy atom. The zero-order valence-corrected chi connectivity index (χ0v) is 12.7. The molecule has 2 heterocycles. The number of rotatable bonds is 6. The number of aromatic nitrogens is 4. The van der Waals surface area contributed by atoms with Crippen LogP contribution >= 0.6 is 0 Å². The van der Waals surface area contributed by atoms with Gasteiger partial charge in [0, 0.05) is 13.1 Å². The van der Waals surface area contributed by atoms with E-state index in [1.807, 2.05) is 24.7 Å². The van der Waals surface area contributed by atoms with Crippen molar-refractivity contribution in [3.63, 3.8) is 0 Å². The summed E-state index contributed by atoms with van der Waals surface area (Å²) in [5.41, 5.74) is 1.10. The van der Waals surface area contributed by atoms with Crippen molar-refractivity contribution < 1.29 is 14.3 Å². The van der Waals surface area contributed by atoms with Gasteiger partial charge in [-0.1, -0.05) is 0 Å². The van der Waals surface area contributed by atoms with Crippen LogP contribution in [0.1, 0.15) is 42.9 Å². The second-order valence-electron chi connectivity index (χ2n) is 4.89. The molecular formula is C14H20N4O3. The number of nitrogens with zero attached hydrogens (tertiary/aromatic N) is 4. The molecule has 0 bridgehead atoms. The van der Waals surface area contributed by atoms with Crippen molar-refractivity contribution in [2.24, 2.45) is 7.05 Å². The predicted molar refractivity (Wildman–Crippen MR) is 76.1 cm³/mol. The van der Waals surface area contributed by atoms with Crippen LogP contribution in [0.3, 0.4) is 0 Å². The number of carbonyl (C=O) groups excluding carboxylic acids is 1. The second kappa shape index (κ2) is 6.43. The van der Waals surface area contributed by atoms with E-state index in [9.17, 15) is 4.79 Å². The van der Waals surface area contributed by atoms with E-state index in [4.69, 9.17) is 9.47 Å². The third-order valence-electron chi connectivity index (χ3n) is 3.04. The highest BCUT2D eigenvalue weighted by atomic mass is 16.5. The van der Waals surface area contributed by atoms with Gasteiger partial charge in [0.2, 0.25) is 0 Å². The molecule has 0 saturated heterocycles. The summed E-state index contributed by atoms with van der Waals surface area (Å²) in [6, 6.07) is 0.272. The van der Waals surface area contributed by atoms with Crippen LogP contribution in [0.5, 0.6) is 5.75 Å². The zero-order valence-electron chi connectivity index (χ0n) is 12.7. The average molecular weight is 292 g/mol. The Morgan fingerprint density at radius 3 is 2.71 bits per heavy atom. The molecule has 2 rings (SSSR count). The van der Waals surface area contributed by atoms with Crippen LogP contribution in [0.2, 0.25) is 0 Å². The van der Waals surface area contributed by atoms with E-state index in [1.54, 1.807) is 24.9 Å². The Balaban J connectivity index is 2.08. The van der Waals surface area contributed by atoms with Crippen LogP contribution in [-0.2, 0) is 18.4 Å². The van der Waals surface area contributed by atoms with E-state index in [-0.39, 0.29) is 18.6 Å². The van der Waals surface area contributed by atoms with Gasteiger partial charge in [0.25, 0.3) is 0 Å². The fraction of sp³-hybridized carbons (Fsp3) is 0.500. The molecule has 0 saturated carbocycles. The predicted octanol–water partition coefficient (Wildman–Crippen LogP) is 1.95. The molecule has 2 aromatic rings. The molecule has 0 aliphatic carbocycles. The SMILES string of the molecule is CCOC(=O)c1cnn(C)c1COc1cnn(C(C)C)c1. The van der Waals surface area contributed by atoms with E-state index in [1.165, 1.54) is 6.20 Å². The largest absolute Gasteiger partial charge is 0.484 e. The van der Waals surface area contributed by atoms with Crippen molar-refractivity contribution >= 4 is 5.97 Å². The Morgan fingerprint density at radius 1 is 1.33 bits per heavy atom. The fourth-order valence-electron chi connectivity index (χ4n) is 1.84. The molecule has 7 nitrogen and oxygen atoms in total. The van der Waals surface area contributed by atoms with Gasteiger partial charge in [0.1, 0.15) is 12.2 Å². The number of aryl methyl sites for hydroxylation is 1. The van der Waals surface area contributed by atoms with Crippen molar-refractivity contribution in [1.82, 2.24) is 19.6 Å². The summed E-state index contributed by atoms with van der Waals surface area (Å²) in [7, 11) is 1.76. The molecule has 0 atom stereocenters. The van der Waals surface area contributed by atoms with E-state index < -0.39 is 0 Å². The lowest BCUT2D eigenvalue weighted by molar-refractivity contribution is 0.0523. The molecule has 0 aliphatic rings. The van der Waals surface area contributed by atoms with Gasteiger partial charge in [-0.15, -0.1) is 0 Å². The maximum Gasteiger partial charge on any atom is 0.341 e. The van der Waals surface area contributed by atoms with Gasteiger partial charge >= 0.3 is 5.97 Å². The van der Waals surface area contributed by atoms with E-state index in [0.717, 1.165) is 0 Å². The fourth-order valence-corrected chi connectivity index (χ4v) is 1.84. The Bertz CT molecular complexity index is 616. The van der Waals surface area contributed by atoms with E-state index in [0.29, 0.717) is 23.6 Å². The zero-order chi connectivity index (χ0) is 15.4. The Hall–Kier alpha value is -2.31. The van der Waals surface area contributed by atoms with Crippen LogP contribution in [0.4, 0.5) is 0 Å². The molecular weight excluding hydrogens is 272 g/mol. The minimum Gasteiger partial charge on any atom is -0.484 e.